The number of anilines is 1. The van der Waals surface area contributed by atoms with Gasteiger partial charge in [0.2, 0.25) is 11.8 Å². The van der Waals surface area contributed by atoms with Gasteiger partial charge in [0, 0.05) is 18.3 Å². The standard InChI is InChI=1S/C17H19N5O3S2/c1-9(2)15(24)21-17-18-10(8-27-17)6-13(23)22(3)7-12-19-11-4-5-26-14(11)16(25)20-12/h4-5,8-9H,6-7H2,1-3H3,(H,18,21,24)(H,19,20,25). The number of nitrogens with one attached hydrogen (secondary N) is 2. The lowest BCUT2D eigenvalue weighted by atomic mass is 10.2. The fraction of sp³-hybridized carbons (Fsp3) is 0.353. The van der Waals surface area contributed by atoms with Crippen LogP contribution in [0, 0.1) is 5.92 Å². The average Bonchev–Trinajstić information content (AvgIpc) is 3.24. The van der Waals surface area contributed by atoms with Gasteiger partial charge in [-0.15, -0.1) is 22.7 Å². The highest BCUT2D eigenvalue weighted by atomic mass is 32.1. The summed E-state index contributed by atoms with van der Waals surface area (Å²) in [6.45, 7) is 3.79. The molecule has 0 fully saturated rings. The van der Waals surface area contributed by atoms with Crippen molar-refractivity contribution in [1.29, 1.82) is 0 Å². The smallest absolute Gasteiger partial charge is 0.268 e. The Labute approximate surface area is 163 Å². The van der Waals surface area contributed by atoms with Crippen molar-refractivity contribution >= 4 is 49.8 Å². The molecule has 3 rings (SSSR count). The van der Waals surface area contributed by atoms with E-state index in [-0.39, 0.29) is 36.3 Å². The summed E-state index contributed by atoms with van der Waals surface area (Å²) in [5.74, 6) is 0.0264. The third-order valence-corrected chi connectivity index (χ3v) is 5.52. The molecule has 3 aromatic heterocycles. The highest BCUT2D eigenvalue weighted by molar-refractivity contribution is 7.17. The van der Waals surface area contributed by atoms with Gasteiger partial charge < -0.3 is 15.2 Å². The number of amides is 2. The fourth-order valence-electron chi connectivity index (χ4n) is 2.29. The molecule has 0 aliphatic rings. The molecule has 8 nitrogen and oxygen atoms in total. The van der Waals surface area contributed by atoms with E-state index in [1.165, 1.54) is 27.6 Å². The molecule has 0 unspecified atom stereocenters. The Morgan fingerprint density at radius 1 is 1.30 bits per heavy atom. The molecule has 0 spiro atoms. The van der Waals surface area contributed by atoms with E-state index in [0.717, 1.165) is 0 Å². The van der Waals surface area contributed by atoms with Crippen molar-refractivity contribution in [3.05, 3.63) is 38.7 Å². The second kappa shape index (κ2) is 7.97. The Kier molecular flexibility index (Phi) is 5.66. The molecule has 0 aliphatic heterocycles. The molecule has 27 heavy (non-hydrogen) atoms. The topological polar surface area (TPSA) is 108 Å². The molecule has 3 aromatic rings. The van der Waals surface area contributed by atoms with Crippen LogP contribution < -0.4 is 10.9 Å². The summed E-state index contributed by atoms with van der Waals surface area (Å²) in [5, 5.41) is 6.76. The van der Waals surface area contributed by atoms with Crippen LogP contribution in [0.4, 0.5) is 5.13 Å². The van der Waals surface area contributed by atoms with Gasteiger partial charge in [0.15, 0.2) is 5.13 Å². The predicted molar refractivity (Wildman–Crippen MR) is 106 cm³/mol. The van der Waals surface area contributed by atoms with E-state index >= 15 is 0 Å². The van der Waals surface area contributed by atoms with Crippen molar-refractivity contribution in [3.63, 3.8) is 0 Å². The van der Waals surface area contributed by atoms with Crippen LogP contribution in [0.2, 0.25) is 0 Å². The zero-order valence-electron chi connectivity index (χ0n) is 15.1. The molecule has 2 amide bonds. The average molecular weight is 406 g/mol. The van der Waals surface area contributed by atoms with E-state index < -0.39 is 0 Å². The van der Waals surface area contributed by atoms with Crippen LogP contribution in [0.3, 0.4) is 0 Å². The lowest BCUT2D eigenvalue weighted by Gasteiger charge is -2.15. The molecule has 0 saturated heterocycles. The quantitative estimate of drug-likeness (QED) is 0.654. The Morgan fingerprint density at radius 2 is 2.07 bits per heavy atom. The van der Waals surface area contributed by atoms with E-state index in [4.69, 9.17) is 0 Å². The summed E-state index contributed by atoms with van der Waals surface area (Å²) in [6, 6.07) is 1.78. The number of aromatic amines is 1. The first kappa shape index (κ1) is 19.2. The maximum absolute atomic E-state index is 12.4. The number of carbonyl (C=O) groups excluding carboxylic acids is 2. The van der Waals surface area contributed by atoms with E-state index in [0.29, 0.717) is 26.9 Å². The number of carbonyl (C=O) groups is 2. The molecular weight excluding hydrogens is 386 g/mol. The fourth-order valence-corrected chi connectivity index (χ4v) is 3.73. The third-order valence-electron chi connectivity index (χ3n) is 3.82. The summed E-state index contributed by atoms with van der Waals surface area (Å²) < 4.78 is 0.575. The molecule has 0 saturated carbocycles. The van der Waals surface area contributed by atoms with Gasteiger partial charge in [-0.3, -0.25) is 14.4 Å². The third kappa shape index (κ3) is 4.58. The highest BCUT2D eigenvalue weighted by Gasteiger charge is 2.16. The zero-order valence-corrected chi connectivity index (χ0v) is 16.7. The van der Waals surface area contributed by atoms with E-state index in [1.807, 2.05) is 5.38 Å². The molecule has 3 heterocycles. The molecule has 0 aromatic carbocycles. The van der Waals surface area contributed by atoms with Crippen LogP contribution in [0.15, 0.2) is 21.6 Å². The summed E-state index contributed by atoms with van der Waals surface area (Å²) in [4.78, 5) is 49.0. The molecule has 10 heteroatoms. The summed E-state index contributed by atoms with van der Waals surface area (Å²) >= 11 is 2.62. The van der Waals surface area contributed by atoms with E-state index in [2.05, 4.69) is 20.3 Å². The minimum absolute atomic E-state index is 0.107. The van der Waals surface area contributed by atoms with Crippen molar-refractivity contribution in [2.45, 2.75) is 26.8 Å². The molecule has 0 radical (unpaired) electrons. The van der Waals surface area contributed by atoms with Gasteiger partial charge in [0.25, 0.3) is 5.56 Å². The first-order valence-electron chi connectivity index (χ1n) is 8.29. The molecule has 0 aliphatic carbocycles. The minimum atomic E-state index is -0.198. The molecule has 2 N–H and O–H groups in total. The van der Waals surface area contributed by atoms with Crippen LogP contribution in [-0.4, -0.2) is 38.7 Å². The first-order chi connectivity index (χ1) is 12.8. The Hall–Kier alpha value is -2.59. The van der Waals surface area contributed by atoms with Gasteiger partial charge in [0.1, 0.15) is 10.5 Å². The number of H-pyrrole nitrogens is 1. The number of rotatable bonds is 6. The van der Waals surface area contributed by atoms with E-state index in [1.54, 1.807) is 32.3 Å². The van der Waals surface area contributed by atoms with Gasteiger partial charge in [-0.1, -0.05) is 13.8 Å². The van der Waals surface area contributed by atoms with Gasteiger partial charge >= 0.3 is 0 Å². The van der Waals surface area contributed by atoms with Gasteiger partial charge in [-0.05, 0) is 11.4 Å². The normalized spacial score (nSPS) is 11.1. The lowest BCUT2D eigenvalue weighted by Crippen LogP contribution is -2.29. The monoisotopic (exact) mass is 405 g/mol. The number of fused-ring (bicyclic) bond motifs is 1. The van der Waals surface area contributed by atoms with Gasteiger partial charge in [0.05, 0.1) is 24.2 Å². The summed E-state index contributed by atoms with van der Waals surface area (Å²) in [7, 11) is 1.65. The van der Waals surface area contributed by atoms with Crippen molar-refractivity contribution in [1.82, 2.24) is 19.9 Å². The maximum atomic E-state index is 12.4. The van der Waals surface area contributed by atoms with Crippen LogP contribution in [0.1, 0.15) is 25.4 Å². The van der Waals surface area contributed by atoms with E-state index in [9.17, 15) is 14.4 Å². The second-order valence-corrected chi connectivity index (χ2v) is 8.14. The number of hydrogen-bond acceptors (Lipinski definition) is 7. The summed E-state index contributed by atoms with van der Waals surface area (Å²) in [5.41, 5.74) is 1.02. The minimum Gasteiger partial charge on any atom is -0.338 e. The van der Waals surface area contributed by atoms with Crippen LogP contribution in [0.25, 0.3) is 10.2 Å². The number of nitrogens with zero attached hydrogens (tertiary/aromatic N) is 3. The molecule has 142 valence electrons. The number of aromatic nitrogens is 3. The predicted octanol–water partition coefficient (Wildman–Crippen LogP) is 2.24. The van der Waals surface area contributed by atoms with Gasteiger partial charge in [-0.25, -0.2) is 9.97 Å². The number of thiophene rings is 1. The van der Waals surface area contributed by atoms with Crippen molar-refractivity contribution in [2.24, 2.45) is 5.92 Å². The summed E-state index contributed by atoms with van der Waals surface area (Å²) in [6.07, 6.45) is 0.107. The SMILES string of the molecule is CC(C)C(=O)Nc1nc(CC(=O)N(C)Cc2nc3ccsc3c(=O)[nH]2)cs1. The van der Waals surface area contributed by atoms with Crippen molar-refractivity contribution < 1.29 is 9.59 Å². The van der Waals surface area contributed by atoms with Crippen molar-refractivity contribution in [2.75, 3.05) is 12.4 Å². The number of hydrogen-bond donors (Lipinski definition) is 2. The first-order valence-corrected chi connectivity index (χ1v) is 10.0. The molecular formula is C17H19N5O3S2. The van der Waals surface area contributed by atoms with Crippen LogP contribution >= 0.6 is 22.7 Å². The van der Waals surface area contributed by atoms with Crippen molar-refractivity contribution in [3.8, 4) is 0 Å². The largest absolute Gasteiger partial charge is 0.338 e. The zero-order chi connectivity index (χ0) is 19.6. The van der Waals surface area contributed by atoms with Crippen LogP contribution in [-0.2, 0) is 22.6 Å². The second-order valence-electron chi connectivity index (χ2n) is 6.36. The number of thiazole rings is 1. The Morgan fingerprint density at radius 3 is 2.81 bits per heavy atom. The lowest BCUT2D eigenvalue weighted by molar-refractivity contribution is -0.129. The molecule has 0 bridgehead atoms. The van der Waals surface area contributed by atoms with Crippen LogP contribution in [0.5, 0.6) is 0 Å². The Balaban J connectivity index is 1.62. The number of likely N-dealkylation sites (N-methyl/N-ethyl adjacent to an activating group) is 1. The Bertz CT molecular complexity index is 1040. The van der Waals surface area contributed by atoms with Gasteiger partial charge in [-0.2, -0.15) is 0 Å². The maximum Gasteiger partial charge on any atom is 0.268 e. The highest BCUT2D eigenvalue weighted by Crippen LogP contribution is 2.18. The molecule has 0 atom stereocenters.